The molecule has 20 heavy (non-hydrogen) atoms. The van der Waals surface area contributed by atoms with Crippen LogP contribution in [0.2, 0.25) is 0 Å². The smallest absolute Gasteiger partial charge is 0.258 e. The lowest BCUT2D eigenvalue weighted by atomic mass is 10.0. The second-order valence-electron chi connectivity index (χ2n) is 4.35. The average Bonchev–Trinajstić information content (AvgIpc) is 2.49. The van der Waals surface area contributed by atoms with E-state index in [1.54, 1.807) is 36.0 Å². The molecule has 3 nitrogen and oxygen atoms in total. The molecule has 0 N–H and O–H groups in total. The van der Waals surface area contributed by atoms with Gasteiger partial charge < -0.3 is 0 Å². The number of rotatable bonds is 6. The van der Waals surface area contributed by atoms with E-state index in [4.69, 9.17) is 0 Å². The zero-order chi connectivity index (χ0) is 14.4. The standard InChI is InChI=1S/C15H15NO2S2/c17-16(18)14-6-8-15(9-7-14)20-11-13(10-19)12-4-2-1-3-5-12/h1-9,13,19H,10-11H2. The van der Waals surface area contributed by atoms with Crippen LogP contribution in [0.3, 0.4) is 0 Å². The van der Waals surface area contributed by atoms with E-state index in [1.165, 1.54) is 5.56 Å². The van der Waals surface area contributed by atoms with Crippen molar-refractivity contribution < 1.29 is 4.92 Å². The molecule has 2 aromatic carbocycles. The number of hydrogen-bond acceptors (Lipinski definition) is 4. The topological polar surface area (TPSA) is 43.1 Å². The highest BCUT2D eigenvalue weighted by Crippen LogP contribution is 2.28. The van der Waals surface area contributed by atoms with Crippen molar-refractivity contribution in [1.82, 2.24) is 0 Å². The van der Waals surface area contributed by atoms with E-state index in [1.807, 2.05) is 18.2 Å². The summed E-state index contributed by atoms with van der Waals surface area (Å²) in [4.78, 5) is 11.3. The maximum atomic E-state index is 10.6. The highest BCUT2D eigenvalue weighted by molar-refractivity contribution is 7.99. The molecule has 5 heteroatoms. The highest BCUT2D eigenvalue weighted by atomic mass is 32.2. The van der Waals surface area contributed by atoms with Crippen LogP contribution in [0, 0.1) is 10.1 Å². The van der Waals surface area contributed by atoms with E-state index in [0.29, 0.717) is 5.92 Å². The minimum atomic E-state index is -0.380. The van der Waals surface area contributed by atoms with E-state index >= 15 is 0 Å². The van der Waals surface area contributed by atoms with Crippen LogP contribution in [-0.4, -0.2) is 16.4 Å². The summed E-state index contributed by atoms with van der Waals surface area (Å²) in [6.07, 6.45) is 0. The Morgan fingerprint density at radius 2 is 1.75 bits per heavy atom. The molecule has 2 aromatic rings. The molecule has 0 aliphatic heterocycles. The fourth-order valence-electron chi connectivity index (χ4n) is 1.84. The van der Waals surface area contributed by atoms with Gasteiger partial charge in [0.25, 0.3) is 5.69 Å². The van der Waals surface area contributed by atoms with Crippen LogP contribution < -0.4 is 0 Å². The van der Waals surface area contributed by atoms with Crippen molar-refractivity contribution in [2.75, 3.05) is 11.5 Å². The first kappa shape index (κ1) is 14.9. The second-order valence-corrected chi connectivity index (χ2v) is 5.81. The molecule has 1 unspecified atom stereocenters. The van der Waals surface area contributed by atoms with Crippen LogP contribution in [-0.2, 0) is 0 Å². The van der Waals surface area contributed by atoms with Crippen molar-refractivity contribution in [3.8, 4) is 0 Å². The van der Waals surface area contributed by atoms with Gasteiger partial charge in [0.2, 0.25) is 0 Å². The Labute approximate surface area is 128 Å². The number of thiol groups is 1. The number of benzene rings is 2. The van der Waals surface area contributed by atoms with E-state index < -0.39 is 0 Å². The summed E-state index contributed by atoms with van der Waals surface area (Å²) in [6, 6.07) is 17.0. The van der Waals surface area contributed by atoms with Gasteiger partial charge >= 0.3 is 0 Å². The van der Waals surface area contributed by atoms with Gasteiger partial charge in [-0.3, -0.25) is 10.1 Å². The number of thioether (sulfide) groups is 1. The van der Waals surface area contributed by atoms with Crippen molar-refractivity contribution in [3.63, 3.8) is 0 Å². The summed E-state index contributed by atoms with van der Waals surface area (Å²) in [7, 11) is 0. The van der Waals surface area contributed by atoms with Crippen LogP contribution in [0.15, 0.2) is 59.5 Å². The largest absolute Gasteiger partial charge is 0.269 e. The molecule has 0 bridgehead atoms. The molecule has 104 valence electrons. The molecule has 0 aliphatic carbocycles. The number of nitro benzene ring substituents is 1. The predicted molar refractivity (Wildman–Crippen MR) is 86.9 cm³/mol. The van der Waals surface area contributed by atoms with Crippen molar-refractivity contribution in [2.24, 2.45) is 0 Å². The molecule has 2 rings (SSSR count). The third-order valence-electron chi connectivity index (χ3n) is 2.99. The fourth-order valence-corrected chi connectivity index (χ4v) is 3.39. The van der Waals surface area contributed by atoms with Crippen molar-refractivity contribution in [3.05, 3.63) is 70.3 Å². The minimum Gasteiger partial charge on any atom is -0.258 e. The maximum Gasteiger partial charge on any atom is 0.269 e. The summed E-state index contributed by atoms with van der Waals surface area (Å²) < 4.78 is 0. The van der Waals surface area contributed by atoms with Crippen molar-refractivity contribution in [1.29, 1.82) is 0 Å². The van der Waals surface area contributed by atoms with Gasteiger partial charge in [0.05, 0.1) is 4.92 Å². The summed E-state index contributed by atoms with van der Waals surface area (Å²) in [5.41, 5.74) is 1.40. The Morgan fingerprint density at radius 3 is 2.30 bits per heavy atom. The Kier molecular flexibility index (Phi) is 5.49. The molecule has 0 aliphatic rings. The van der Waals surface area contributed by atoms with E-state index in [0.717, 1.165) is 16.4 Å². The molecule has 0 amide bonds. The normalized spacial score (nSPS) is 12.1. The lowest BCUT2D eigenvalue weighted by molar-refractivity contribution is -0.384. The van der Waals surface area contributed by atoms with Crippen molar-refractivity contribution >= 4 is 30.1 Å². The molecule has 0 spiro atoms. The molecule has 0 aromatic heterocycles. The van der Waals surface area contributed by atoms with E-state index in [9.17, 15) is 10.1 Å². The van der Waals surface area contributed by atoms with Crippen LogP contribution in [0.1, 0.15) is 11.5 Å². The fraction of sp³-hybridized carbons (Fsp3) is 0.200. The number of nitrogens with zero attached hydrogens (tertiary/aromatic N) is 1. The van der Waals surface area contributed by atoms with Crippen LogP contribution in [0.5, 0.6) is 0 Å². The van der Waals surface area contributed by atoms with Crippen molar-refractivity contribution in [2.45, 2.75) is 10.8 Å². The molecule has 1 atom stereocenters. The van der Waals surface area contributed by atoms with Crippen LogP contribution in [0.25, 0.3) is 0 Å². The lowest BCUT2D eigenvalue weighted by Crippen LogP contribution is -2.03. The molecule has 0 fully saturated rings. The zero-order valence-electron chi connectivity index (χ0n) is 10.8. The van der Waals surface area contributed by atoms with Gasteiger partial charge in [0.1, 0.15) is 0 Å². The monoisotopic (exact) mass is 305 g/mol. The van der Waals surface area contributed by atoms with E-state index in [2.05, 4.69) is 24.8 Å². The summed E-state index contributed by atoms with van der Waals surface area (Å²) in [6.45, 7) is 0. The van der Waals surface area contributed by atoms with Gasteiger partial charge in [-0.05, 0) is 23.4 Å². The van der Waals surface area contributed by atoms with Gasteiger partial charge in [0.15, 0.2) is 0 Å². The Morgan fingerprint density at radius 1 is 1.10 bits per heavy atom. The third-order valence-corrected chi connectivity index (χ3v) is 4.61. The second kappa shape index (κ2) is 7.36. The Hall–Kier alpha value is -1.46. The number of nitro groups is 1. The Balaban J connectivity index is 1.98. The molecule has 0 radical (unpaired) electrons. The lowest BCUT2D eigenvalue weighted by Gasteiger charge is -2.14. The highest BCUT2D eigenvalue weighted by Gasteiger charge is 2.10. The van der Waals surface area contributed by atoms with Gasteiger partial charge in [-0.15, -0.1) is 11.8 Å². The SMILES string of the molecule is O=[N+]([O-])c1ccc(SCC(CS)c2ccccc2)cc1. The summed E-state index contributed by atoms with van der Waals surface area (Å²) in [5, 5.41) is 10.6. The molecule has 0 saturated heterocycles. The van der Waals surface area contributed by atoms with Gasteiger partial charge in [-0.2, -0.15) is 12.6 Å². The average molecular weight is 305 g/mol. The zero-order valence-corrected chi connectivity index (χ0v) is 12.5. The Bertz CT molecular complexity index is 558. The molecule has 0 heterocycles. The number of hydrogen-bond donors (Lipinski definition) is 1. The number of non-ortho nitro benzene ring substituents is 1. The summed E-state index contributed by atoms with van der Waals surface area (Å²) in [5.74, 6) is 2.06. The first-order chi connectivity index (χ1) is 9.70. The van der Waals surface area contributed by atoms with Gasteiger partial charge in [-0.25, -0.2) is 0 Å². The first-order valence-corrected chi connectivity index (χ1v) is 7.85. The molecule has 0 saturated carbocycles. The third kappa shape index (κ3) is 4.02. The summed E-state index contributed by atoms with van der Waals surface area (Å²) >= 11 is 6.11. The molecular weight excluding hydrogens is 290 g/mol. The maximum absolute atomic E-state index is 10.6. The van der Waals surface area contributed by atoms with Gasteiger partial charge in [-0.1, -0.05) is 30.3 Å². The minimum absolute atomic E-state index is 0.128. The van der Waals surface area contributed by atoms with Crippen LogP contribution in [0.4, 0.5) is 5.69 Å². The van der Waals surface area contributed by atoms with E-state index in [-0.39, 0.29) is 10.6 Å². The molecular formula is C15H15NO2S2. The first-order valence-electron chi connectivity index (χ1n) is 6.24. The predicted octanol–water partition coefficient (Wildman–Crippen LogP) is 4.40. The van der Waals surface area contributed by atoms with Crippen LogP contribution >= 0.6 is 24.4 Å². The quantitative estimate of drug-likeness (QED) is 0.372. The van der Waals surface area contributed by atoms with Gasteiger partial charge in [0, 0.05) is 28.7 Å².